The maximum absolute atomic E-state index is 12.3. The van der Waals surface area contributed by atoms with Crippen molar-refractivity contribution < 1.29 is 9.53 Å². The van der Waals surface area contributed by atoms with E-state index < -0.39 is 0 Å². The monoisotopic (exact) mass is 297 g/mol. The molecule has 0 aliphatic rings. The topological polar surface area (TPSA) is 52.3 Å². The highest BCUT2D eigenvalue weighted by Crippen LogP contribution is 2.16. The molecule has 0 heterocycles. The molecule has 0 aliphatic heterocycles. The summed E-state index contributed by atoms with van der Waals surface area (Å²) < 4.78 is 5.68. The van der Waals surface area contributed by atoms with Crippen molar-refractivity contribution in [3.8, 4) is 5.75 Å². The fraction of sp³-hybridized carbons (Fsp3) is 0.316. The minimum Gasteiger partial charge on any atom is -0.494 e. The molecule has 0 amide bonds. The molecule has 2 rings (SSSR count). The van der Waals surface area contributed by atoms with Crippen LogP contribution in [0.3, 0.4) is 0 Å². The van der Waals surface area contributed by atoms with Crippen molar-refractivity contribution in [2.75, 3.05) is 13.2 Å². The summed E-state index contributed by atoms with van der Waals surface area (Å²) in [6, 6.07) is 16.7. The Labute approximate surface area is 132 Å². The Balaban J connectivity index is 1.82. The van der Waals surface area contributed by atoms with Gasteiger partial charge in [-0.15, -0.1) is 0 Å². The van der Waals surface area contributed by atoms with Crippen LogP contribution in [0.25, 0.3) is 0 Å². The quantitative estimate of drug-likeness (QED) is 0.565. The molecule has 2 aromatic rings. The minimum absolute atomic E-state index is 0.0361. The first kappa shape index (κ1) is 16.2. The highest BCUT2D eigenvalue weighted by Gasteiger charge is 2.08. The molecule has 0 radical (unpaired) electrons. The van der Waals surface area contributed by atoms with Crippen LogP contribution in [0.1, 0.15) is 41.6 Å². The summed E-state index contributed by atoms with van der Waals surface area (Å²) in [5.74, 6) is 0.845. The van der Waals surface area contributed by atoms with Gasteiger partial charge < -0.3 is 10.5 Å². The lowest BCUT2D eigenvalue weighted by molar-refractivity contribution is 0.103. The molecule has 0 bridgehead atoms. The number of hydrogen-bond acceptors (Lipinski definition) is 3. The molecule has 0 atom stereocenters. The maximum Gasteiger partial charge on any atom is 0.193 e. The lowest BCUT2D eigenvalue weighted by atomic mass is 10.0. The Hall–Kier alpha value is -2.13. The fourth-order valence-electron chi connectivity index (χ4n) is 2.25. The molecule has 2 N–H and O–H groups in total. The number of hydrogen-bond donors (Lipinski definition) is 1. The van der Waals surface area contributed by atoms with E-state index in [4.69, 9.17) is 10.5 Å². The van der Waals surface area contributed by atoms with E-state index >= 15 is 0 Å². The second kappa shape index (κ2) is 9.00. The molecule has 0 spiro atoms. The normalized spacial score (nSPS) is 10.4. The highest BCUT2D eigenvalue weighted by atomic mass is 16.5. The first-order valence-corrected chi connectivity index (χ1v) is 7.84. The van der Waals surface area contributed by atoms with Crippen molar-refractivity contribution in [3.63, 3.8) is 0 Å². The third-order valence-electron chi connectivity index (χ3n) is 3.52. The molecule has 2 aromatic carbocycles. The summed E-state index contributed by atoms with van der Waals surface area (Å²) >= 11 is 0. The van der Waals surface area contributed by atoms with Crippen LogP contribution < -0.4 is 10.5 Å². The van der Waals surface area contributed by atoms with Crippen LogP contribution in [0.4, 0.5) is 0 Å². The van der Waals surface area contributed by atoms with E-state index in [2.05, 4.69) is 0 Å². The molecular weight excluding hydrogens is 274 g/mol. The van der Waals surface area contributed by atoms with Gasteiger partial charge in [0.25, 0.3) is 0 Å². The molecule has 0 saturated heterocycles. The van der Waals surface area contributed by atoms with Crippen LogP contribution in [0.5, 0.6) is 5.75 Å². The first-order chi connectivity index (χ1) is 10.8. The molecule has 0 aromatic heterocycles. The van der Waals surface area contributed by atoms with Gasteiger partial charge in [0.05, 0.1) is 6.61 Å². The SMILES string of the molecule is NCCCCCCOc1ccc(C(=O)c2ccccc2)cc1. The minimum atomic E-state index is 0.0361. The van der Waals surface area contributed by atoms with Crippen molar-refractivity contribution in [3.05, 3.63) is 65.7 Å². The van der Waals surface area contributed by atoms with Gasteiger partial charge in [-0.2, -0.15) is 0 Å². The molecule has 3 heteroatoms. The zero-order valence-electron chi connectivity index (χ0n) is 12.8. The summed E-state index contributed by atoms with van der Waals surface area (Å²) in [6.07, 6.45) is 4.41. The second-order valence-electron chi connectivity index (χ2n) is 5.27. The van der Waals surface area contributed by atoms with Crippen molar-refractivity contribution in [2.24, 2.45) is 5.73 Å². The van der Waals surface area contributed by atoms with Crippen LogP contribution in [0.15, 0.2) is 54.6 Å². The van der Waals surface area contributed by atoms with E-state index in [0.717, 1.165) is 38.0 Å². The largest absolute Gasteiger partial charge is 0.494 e. The molecule has 22 heavy (non-hydrogen) atoms. The third kappa shape index (κ3) is 5.01. The van der Waals surface area contributed by atoms with Gasteiger partial charge in [-0.05, 0) is 43.7 Å². The Bertz CT molecular complexity index is 564. The predicted molar refractivity (Wildman–Crippen MR) is 89.3 cm³/mol. The summed E-state index contributed by atoms with van der Waals surface area (Å²) in [6.45, 7) is 1.47. The van der Waals surface area contributed by atoms with E-state index in [1.54, 1.807) is 0 Å². The Morgan fingerprint density at radius 2 is 1.45 bits per heavy atom. The molecule has 0 aliphatic carbocycles. The lowest BCUT2D eigenvalue weighted by Crippen LogP contribution is -2.02. The molecule has 3 nitrogen and oxygen atoms in total. The predicted octanol–water partition coefficient (Wildman–Crippen LogP) is 3.82. The van der Waals surface area contributed by atoms with Crippen molar-refractivity contribution in [1.82, 2.24) is 0 Å². The number of ether oxygens (including phenoxy) is 1. The van der Waals surface area contributed by atoms with E-state index in [1.807, 2.05) is 54.6 Å². The van der Waals surface area contributed by atoms with Gasteiger partial charge in [-0.1, -0.05) is 43.2 Å². The second-order valence-corrected chi connectivity index (χ2v) is 5.27. The number of carbonyl (C=O) groups excluding carboxylic acids is 1. The number of ketones is 1. The van der Waals surface area contributed by atoms with Crippen LogP contribution in [-0.2, 0) is 0 Å². The average molecular weight is 297 g/mol. The standard InChI is InChI=1S/C19H23NO2/c20-14-6-1-2-7-15-22-18-12-10-17(11-13-18)19(21)16-8-4-3-5-9-16/h3-5,8-13H,1-2,6-7,14-15,20H2. The van der Waals surface area contributed by atoms with Crippen LogP contribution in [0, 0.1) is 0 Å². The number of benzene rings is 2. The number of rotatable bonds is 9. The Kier molecular flexibility index (Phi) is 6.65. The smallest absolute Gasteiger partial charge is 0.193 e. The zero-order chi connectivity index (χ0) is 15.6. The van der Waals surface area contributed by atoms with Gasteiger partial charge in [0.15, 0.2) is 5.78 Å². The van der Waals surface area contributed by atoms with E-state index in [-0.39, 0.29) is 5.78 Å². The van der Waals surface area contributed by atoms with Crippen LogP contribution >= 0.6 is 0 Å². The van der Waals surface area contributed by atoms with Gasteiger partial charge in [-0.3, -0.25) is 4.79 Å². The number of nitrogens with two attached hydrogens (primary N) is 1. The van der Waals surface area contributed by atoms with Crippen molar-refractivity contribution in [2.45, 2.75) is 25.7 Å². The van der Waals surface area contributed by atoms with Crippen molar-refractivity contribution in [1.29, 1.82) is 0 Å². The van der Waals surface area contributed by atoms with Crippen LogP contribution in [-0.4, -0.2) is 18.9 Å². The Morgan fingerprint density at radius 1 is 0.818 bits per heavy atom. The highest BCUT2D eigenvalue weighted by molar-refractivity contribution is 6.08. The molecular formula is C19H23NO2. The van der Waals surface area contributed by atoms with E-state index in [9.17, 15) is 4.79 Å². The summed E-state index contributed by atoms with van der Waals surface area (Å²) in [7, 11) is 0. The molecule has 0 unspecified atom stereocenters. The number of unbranched alkanes of at least 4 members (excludes halogenated alkanes) is 3. The van der Waals surface area contributed by atoms with Gasteiger partial charge in [0.1, 0.15) is 5.75 Å². The van der Waals surface area contributed by atoms with Gasteiger partial charge in [-0.25, -0.2) is 0 Å². The van der Waals surface area contributed by atoms with E-state index in [1.165, 1.54) is 0 Å². The summed E-state index contributed by atoms with van der Waals surface area (Å²) in [5, 5.41) is 0. The maximum atomic E-state index is 12.3. The third-order valence-corrected chi connectivity index (χ3v) is 3.52. The fourth-order valence-corrected chi connectivity index (χ4v) is 2.25. The lowest BCUT2D eigenvalue weighted by Gasteiger charge is -2.07. The van der Waals surface area contributed by atoms with Crippen molar-refractivity contribution >= 4 is 5.78 Å². The van der Waals surface area contributed by atoms with Gasteiger partial charge in [0.2, 0.25) is 0 Å². The van der Waals surface area contributed by atoms with Gasteiger partial charge in [0, 0.05) is 11.1 Å². The first-order valence-electron chi connectivity index (χ1n) is 7.84. The zero-order valence-corrected chi connectivity index (χ0v) is 12.8. The summed E-state index contributed by atoms with van der Waals surface area (Å²) in [5.41, 5.74) is 6.84. The molecule has 116 valence electrons. The summed E-state index contributed by atoms with van der Waals surface area (Å²) in [4.78, 5) is 12.3. The molecule has 0 fully saturated rings. The average Bonchev–Trinajstić information content (AvgIpc) is 2.59. The molecule has 0 saturated carbocycles. The van der Waals surface area contributed by atoms with E-state index in [0.29, 0.717) is 17.7 Å². The number of carbonyl (C=O) groups is 1. The van der Waals surface area contributed by atoms with Crippen LogP contribution in [0.2, 0.25) is 0 Å². The Morgan fingerprint density at radius 3 is 2.14 bits per heavy atom. The van der Waals surface area contributed by atoms with Gasteiger partial charge >= 0.3 is 0 Å².